The van der Waals surface area contributed by atoms with E-state index in [2.05, 4.69) is 22.5 Å². The molecular formula is C16H19N3O2. The van der Waals surface area contributed by atoms with E-state index in [4.69, 9.17) is 4.42 Å². The van der Waals surface area contributed by atoms with Crippen LogP contribution in [0.4, 0.5) is 0 Å². The summed E-state index contributed by atoms with van der Waals surface area (Å²) in [6.07, 6.45) is 7.69. The number of nitrogens with one attached hydrogen (secondary N) is 2. The van der Waals surface area contributed by atoms with Crippen molar-refractivity contribution >= 4 is 16.9 Å². The van der Waals surface area contributed by atoms with Crippen molar-refractivity contribution in [3.8, 4) is 0 Å². The van der Waals surface area contributed by atoms with Crippen LogP contribution in [0.2, 0.25) is 0 Å². The van der Waals surface area contributed by atoms with Gasteiger partial charge in [0, 0.05) is 23.5 Å². The van der Waals surface area contributed by atoms with Gasteiger partial charge in [-0.3, -0.25) is 4.79 Å². The van der Waals surface area contributed by atoms with Crippen molar-refractivity contribution in [3.05, 3.63) is 29.8 Å². The molecule has 2 aliphatic heterocycles. The topological polar surface area (TPSA) is 67.2 Å². The molecule has 0 aromatic carbocycles. The number of pyridine rings is 1. The number of amides is 1. The second kappa shape index (κ2) is 4.84. The summed E-state index contributed by atoms with van der Waals surface area (Å²) < 4.78 is 5.44. The van der Waals surface area contributed by atoms with E-state index < -0.39 is 0 Å². The molecule has 2 bridgehead atoms. The van der Waals surface area contributed by atoms with Gasteiger partial charge in [0.25, 0.3) is 5.91 Å². The first-order chi connectivity index (χ1) is 10.2. The van der Waals surface area contributed by atoms with Crippen LogP contribution in [-0.4, -0.2) is 29.0 Å². The summed E-state index contributed by atoms with van der Waals surface area (Å²) in [5, 5.41) is 7.64. The largest absolute Gasteiger partial charge is 0.462 e. The summed E-state index contributed by atoms with van der Waals surface area (Å²) in [6.45, 7) is 2.07. The molecular weight excluding hydrogens is 266 g/mol. The second-order valence-electron chi connectivity index (χ2n) is 6.04. The monoisotopic (exact) mass is 285 g/mol. The maximum atomic E-state index is 12.4. The van der Waals surface area contributed by atoms with E-state index in [0.29, 0.717) is 17.8 Å². The normalized spacial score (nSPS) is 27.4. The van der Waals surface area contributed by atoms with Gasteiger partial charge >= 0.3 is 0 Å². The van der Waals surface area contributed by atoms with Gasteiger partial charge in [0.2, 0.25) is 0 Å². The minimum Gasteiger partial charge on any atom is -0.462 e. The Morgan fingerprint density at radius 3 is 3.14 bits per heavy atom. The molecule has 0 spiro atoms. The Kier molecular flexibility index (Phi) is 2.96. The van der Waals surface area contributed by atoms with Crippen LogP contribution in [0.3, 0.4) is 0 Å². The molecule has 0 unspecified atom stereocenters. The Morgan fingerprint density at radius 1 is 1.52 bits per heavy atom. The third-order valence-corrected chi connectivity index (χ3v) is 4.77. The lowest BCUT2D eigenvalue weighted by atomic mass is 9.95. The predicted molar refractivity (Wildman–Crippen MR) is 79.2 cm³/mol. The summed E-state index contributed by atoms with van der Waals surface area (Å²) in [6, 6.07) is 3.09. The van der Waals surface area contributed by atoms with Gasteiger partial charge in [-0.2, -0.15) is 0 Å². The highest BCUT2D eigenvalue weighted by atomic mass is 16.3. The van der Waals surface area contributed by atoms with Gasteiger partial charge in [0.15, 0.2) is 5.58 Å². The van der Waals surface area contributed by atoms with Crippen LogP contribution in [-0.2, 0) is 6.42 Å². The molecule has 110 valence electrons. The van der Waals surface area contributed by atoms with Gasteiger partial charge in [-0.15, -0.1) is 0 Å². The maximum Gasteiger partial charge on any atom is 0.270 e. The lowest BCUT2D eigenvalue weighted by molar-refractivity contribution is 0.0926. The number of aromatic nitrogens is 1. The summed E-state index contributed by atoms with van der Waals surface area (Å²) in [5.41, 5.74) is 2.33. The van der Waals surface area contributed by atoms with Crippen molar-refractivity contribution in [1.82, 2.24) is 15.6 Å². The van der Waals surface area contributed by atoms with E-state index in [9.17, 15) is 4.79 Å². The van der Waals surface area contributed by atoms with Gasteiger partial charge in [-0.25, -0.2) is 4.98 Å². The number of fused-ring (bicyclic) bond motifs is 3. The van der Waals surface area contributed by atoms with E-state index in [0.717, 1.165) is 35.8 Å². The maximum absolute atomic E-state index is 12.4. The third-order valence-electron chi connectivity index (χ3n) is 4.77. The van der Waals surface area contributed by atoms with Crippen molar-refractivity contribution in [3.63, 3.8) is 0 Å². The molecule has 4 heterocycles. The highest BCUT2D eigenvalue weighted by Crippen LogP contribution is 2.28. The number of rotatable bonds is 3. The van der Waals surface area contributed by atoms with Crippen molar-refractivity contribution in [2.45, 2.75) is 50.7 Å². The second-order valence-corrected chi connectivity index (χ2v) is 6.04. The van der Waals surface area contributed by atoms with Crippen LogP contribution in [0.5, 0.6) is 0 Å². The Bertz CT molecular complexity index is 694. The number of aryl methyl sites for hydroxylation is 1. The fourth-order valence-corrected chi connectivity index (χ4v) is 3.61. The van der Waals surface area contributed by atoms with E-state index in [1.165, 1.54) is 6.42 Å². The SMILES string of the molecule is CCc1coc2cnc(C(=O)N[C@@H]3C[C@H]4CC[C@@H]3N4)cc12. The van der Waals surface area contributed by atoms with Crippen LogP contribution in [0.1, 0.15) is 42.2 Å². The smallest absolute Gasteiger partial charge is 0.270 e. The van der Waals surface area contributed by atoms with Crippen LogP contribution in [0, 0.1) is 0 Å². The van der Waals surface area contributed by atoms with Gasteiger partial charge in [-0.05, 0) is 37.3 Å². The van der Waals surface area contributed by atoms with Gasteiger partial charge in [0.05, 0.1) is 12.5 Å². The third kappa shape index (κ3) is 2.12. The quantitative estimate of drug-likeness (QED) is 0.905. The Hall–Kier alpha value is -1.88. The Labute approximate surface area is 123 Å². The highest BCUT2D eigenvalue weighted by molar-refractivity contribution is 5.96. The highest BCUT2D eigenvalue weighted by Gasteiger charge is 2.39. The van der Waals surface area contributed by atoms with Crippen LogP contribution < -0.4 is 10.6 Å². The average Bonchev–Trinajstić information content (AvgIpc) is 3.21. The standard InChI is InChI=1S/C16H19N3O2/c1-2-9-8-21-15-7-17-14(6-11(9)15)16(20)19-13-5-10-3-4-12(13)18-10/h6-8,10,12-13,18H,2-5H2,1H3,(H,19,20)/t10-,12+,13-/m1/s1. The molecule has 5 nitrogen and oxygen atoms in total. The molecule has 21 heavy (non-hydrogen) atoms. The molecule has 3 atom stereocenters. The Balaban J connectivity index is 1.56. The molecule has 4 rings (SSSR count). The molecule has 2 aromatic rings. The summed E-state index contributed by atoms with van der Waals surface area (Å²) in [4.78, 5) is 16.6. The molecule has 2 fully saturated rings. The number of nitrogens with zero attached hydrogens (tertiary/aromatic N) is 1. The Morgan fingerprint density at radius 2 is 2.43 bits per heavy atom. The van der Waals surface area contributed by atoms with Crippen LogP contribution in [0.25, 0.3) is 11.0 Å². The zero-order valence-corrected chi connectivity index (χ0v) is 12.1. The minimum absolute atomic E-state index is 0.0838. The lowest BCUT2D eigenvalue weighted by Crippen LogP contribution is -2.43. The first-order valence-electron chi connectivity index (χ1n) is 7.67. The van der Waals surface area contributed by atoms with Crippen LogP contribution in [0.15, 0.2) is 22.9 Å². The van der Waals surface area contributed by atoms with Gasteiger partial charge in [0.1, 0.15) is 5.69 Å². The van der Waals surface area contributed by atoms with E-state index in [-0.39, 0.29) is 11.9 Å². The van der Waals surface area contributed by atoms with Crippen molar-refractivity contribution in [2.24, 2.45) is 0 Å². The fourth-order valence-electron chi connectivity index (χ4n) is 3.61. The number of carbonyl (C=O) groups is 1. The zero-order chi connectivity index (χ0) is 14.4. The minimum atomic E-state index is -0.0838. The van der Waals surface area contributed by atoms with E-state index in [1.54, 1.807) is 12.5 Å². The number of hydrogen-bond acceptors (Lipinski definition) is 4. The molecule has 2 N–H and O–H groups in total. The molecule has 2 aromatic heterocycles. The number of furan rings is 1. The molecule has 2 saturated heterocycles. The number of carbonyl (C=O) groups excluding carboxylic acids is 1. The predicted octanol–water partition coefficient (Wildman–Crippen LogP) is 2.01. The zero-order valence-electron chi connectivity index (χ0n) is 12.1. The number of hydrogen-bond donors (Lipinski definition) is 2. The van der Waals surface area contributed by atoms with Crippen molar-refractivity contribution in [2.75, 3.05) is 0 Å². The van der Waals surface area contributed by atoms with E-state index >= 15 is 0 Å². The summed E-state index contributed by atoms with van der Waals surface area (Å²) in [7, 11) is 0. The molecule has 2 aliphatic rings. The summed E-state index contributed by atoms with van der Waals surface area (Å²) in [5.74, 6) is -0.0838. The molecule has 5 heteroatoms. The van der Waals surface area contributed by atoms with Crippen molar-refractivity contribution < 1.29 is 9.21 Å². The van der Waals surface area contributed by atoms with E-state index in [1.807, 2.05) is 6.07 Å². The molecule has 0 saturated carbocycles. The lowest BCUT2D eigenvalue weighted by Gasteiger charge is -2.21. The van der Waals surface area contributed by atoms with Gasteiger partial charge < -0.3 is 15.1 Å². The first kappa shape index (κ1) is 12.8. The fraction of sp³-hybridized carbons (Fsp3) is 0.500. The molecule has 1 amide bonds. The first-order valence-corrected chi connectivity index (χ1v) is 7.67. The summed E-state index contributed by atoms with van der Waals surface area (Å²) >= 11 is 0. The average molecular weight is 285 g/mol. The van der Waals surface area contributed by atoms with Gasteiger partial charge in [-0.1, -0.05) is 6.92 Å². The van der Waals surface area contributed by atoms with Crippen LogP contribution >= 0.6 is 0 Å². The molecule has 0 aliphatic carbocycles. The van der Waals surface area contributed by atoms with Crippen molar-refractivity contribution in [1.29, 1.82) is 0 Å². The molecule has 0 radical (unpaired) electrons.